The maximum absolute atomic E-state index is 7.06. The molecule has 344 valence electrons. The summed E-state index contributed by atoms with van der Waals surface area (Å²) in [6.45, 7) is 15.8. The van der Waals surface area contributed by atoms with Gasteiger partial charge in [0.1, 0.15) is 19.2 Å². The molecule has 0 aliphatic carbocycles. The molecule has 0 aliphatic rings. The summed E-state index contributed by atoms with van der Waals surface area (Å²) in [6, 6.07) is 0.417. The van der Waals surface area contributed by atoms with E-state index in [1.54, 1.807) is 60.3 Å². The number of aromatic amines is 1. The summed E-state index contributed by atoms with van der Waals surface area (Å²) in [5, 5.41) is 45.1. The number of aryl methyl sites for hydroxylation is 10. The first kappa shape index (κ1) is 47.6. The number of hydrogen-bond acceptors (Lipinski definition) is 21. The fraction of sp³-hybridized carbons (Fsp3) is 0.303. The second kappa shape index (κ2) is 45.2. The van der Waals surface area contributed by atoms with Crippen molar-refractivity contribution >= 4 is 34.6 Å². The van der Waals surface area contributed by atoms with Crippen molar-refractivity contribution in [3.8, 4) is 0 Å². The molecule has 10 aromatic heterocycles. The van der Waals surface area contributed by atoms with Crippen LogP contribution in [0.5, 0.6) is 0 Å². The molecule has 0 atom stereocenters. The number of nitrogens with zero attached hydrogens (tertiary/aromatic N) is 22. The van der Waals surface area contributed by atoms with Gasteiger partial charge in [0.05, 0.1) is 51.0 Å². The maximum atomic E-state index is 7.06. The van der Waals surface area contributed by atoms with Gasteiger partial charge >= 0.3 is 0 Å². The van der Waals surface area contributed by atoms with Gasteiger partial charge in [-0.25, -0.2) is 14.4 Å². The Morgan fingerprint density at radius 2 is 1.59 bits per heavy atom. The van der Waals surface area contributed by atoms with Crippen LogP contribution in [0.25, 0.3) is 0 Å². The van der Waals surface area contributed by atoms with Crippen LogP contribution in [0.2, 0.25) is 1.41 Å². The molecule has 0 aromatic carbocycles. The molecule has 0 aliphatic heterocycles. The minimum Gasteiger partial charge on any atom is -0.582 e. The molecule has 0 fully saturated rings. The number of H-pyrrole nitrogens is 1. The van der Waals surface area contributed by atoms with Crippen LogP contribution in [0.4, 0.5) is 0 Å². The molecule has 10 aromatic rings. The van der Waals surface area contributed by atoms with Gasteiger partial charge in [0.25, 0.3) is 0 Å². The summed E-state index contributed by atoms with van der Waals surface area (Å²) in [4.78, 5) is 19.3. The predicted octanol–water partition coefficient (Wildman–Crippen LogP) is 3.62. The van der Waals surface area contributed by atoms with E-state index in [4.69, 9.17) is 13.7 Å². The van der Waals surface area contributed by atoms with Crippen molar-refractivity contribution in [3.63, 3.8) is 0 Å². The molecule has 0 bridgehead atoms. The molecule has 0 unspecified atom stereocenters. The third kappa shape index (κ3) is 42.9. The van der Waals surface area contributed by atoms with Crippen molar-refractivity contribution in [2.45, 2.75) is 62.3 Å². The molecule has 0 spiro atoms. The SMILES string of the molecule is [3H]c1[n-]cnc1C.[3H]c1[n-]ncc1C.[3H]c1cn[n-]c1C.[3H]c1nc[n-]c1C.[3H]c1nnnn1C.[3H]c1nnsc1C.[3H]c1nonc1C.[3H]c1nsnc1C.[3H]c1scnc1C.[3H]n1nnnc1C.[W].[W].[W].[W]. The number of nitrogens with one attached hydrogen (secondary N) is 1. The van der Waals surface area contributed by atoms with Crippen molar-refractivity contribution in [3.05, 3.63) is 136 Å². The summed E-state index contributed by atoms with van der Waals surface area (Å²) in [5.41, 5.74) is 6.66. The van der Waals surface area contributed by atoms with Crippen LogP contribution in [0.3, 0.4) is 0 Å². The van der Waals surface area contributed by atoms with E-state index in [9.17, 15) is 0 Å². The maximum Gasteiger partial charge on any atom is 0.193 e. The molecule has 0 amide bonds. The fourth-order valence-corrected chi connectivity index (χ4v) is 3.39. The molecular weight excluding hydrogens is 1570 g/mol. The third-order valence-electron chi connectivity index (χ3n) is 4.76. The number of imidazole rings is 2. The van der Waals surface area contributed by atoms with Crippen LogP contribution in [0.15, 0.2) is 89.9 Å². The van der Waals surface area contributed by atoms with Gasteiger partial charge < -0.3 is 40.3 Å². The molecular formula is C33H45N23OS3W4-4. The van der Waals surface area contributed by atoms with E-state index < -0.39 is 0 Å². The van der Waals surface area contributed by atoms with E-state index >= 15 is 0 Å². The number of tetrazole rings is 2. The van der Waals surface area contributed by atoms with Crippen LogP contribution in [0, 0.1) is 62.3 Å². The molecule has 24 nitrogen and oxygen atoms in total. The number of thiazole rings is 1. The average Bonchev–Trinajstić information content (AvgIpc) is 4.23. The summed E-state index contributed by atoms with van der Waals surface area (Å²) >= 11 is 3.69. The van der Waals surface area contributed by atoms with Crippen molar-refractivity contribution in [2.24, 2.45) is 7.05 Å². The predicted molar refractivity (Wildman–Crippen MR) is 222 cm³/mol. The van der Waals surface area contributed by atoms with Gasteiger partial charge in [0.15, 0.2) is 1.41 Å². The van der Waals surface area contributed by atoms with Gasteiger partial charge in [-0.15, -0.1) is 32.3 Å². The smallest absolute Gasteiger partial charge is 0.193 e. The zero-order valence-corrected chi connectivity index (χ0v) is 49.6. The first-order valence-electron chi connectivity index (χ1n) is 21.2. The normalized spacial score (nSPS) is 10.5. The summed E-state index contributed by atoms with van der Waals surface area (Å²) < 4.78 is 85.5. The van der Waals surface area contributed by atoms with Crippen LogP contribution in [-0.2, 0) is 91.3 Å². The molecule has 10 rings (SSSR count). The Hall–Kier alpha value is -4.38. The van der Waals surface area contributed by atoms with Crippen LogP contribution < -0.4 is 20.2 Å². The van der Waals surface area contributed by atoms with E-state index in [1.165, 1.54) is 46.4 Å². The van der Waals surface area contributed by atoms with Gasteiger partial charge in [-0.3, -0.25) is 4.98 Å². The quantitative estimate of drug-likeness (QED) is 0.227. The topological polar surface area (TPSA) is 309 Å². The summed E-state index contributed by atoms with van der Waals surface area (Å²) in [7, 11) is 1.61. The Morgan fingerprint density at radius 3 is 1.75 bits per heavy atom. The number of rotatable bonds is 0. The molecule has 64 heavy (non-hydrogen) atoms. The third-order valence-corrected chi connectivity index (χ3v) is 6.44. The van der Waals surface area contributed by atoms with Gasteiger partial charge in [0, 0.05) is 121 Å². The largest absolute Gasteiger partial charge is 0.582 e. The molecule has 0 radical (unpaired) electrons. The monoisotopic (exact) mass is 1630 g/mol. The zero-order chi connectivity index (χ0) is 52.8. The second-order valence-corrected chi connectivity index (χ2v) is 12.2. The summed E-state index contributed by atoms with van der Waals surface area (Å²) in [5.74, 6) is 0.500. The average molecular weight is 1630 g/mol. The van der Waals surface area contributed by atoms with Crippen molar-refractivity contribution in [1.29, 1.82) is 0 Å². The van der Waals surface area contributed by atoms with E-state index in [1.807, 2.05) is 20.8 Å². The zero-order valence-electron chi connectivity index (χ0n) is 45.4. The van der Waals surface area contributed by atoms with Crippen LogP contribution in [0.1, 0.15) is 62.8 Å². The molecule has 31 heteroatoms. The van der Waals surface area contributed by atoms with E-state index in [0.717, 1.165) is 33.0 Å². The van der Waals surface area contributed by atoms with E-state index in [-0.39, 0.29) is 115 Å². The molecule has 1 N–H and O–H groups in total. The number of aromatic nitrogens is 23. The summed E-state index contributed by atoms with van der Waals surface area (Å²) in [6.07, 6.45) is 7.39. The fourth-order valence-electron chi connectivity index (χ4n) is 2.24. The first-order valence-corrected chi connectivity index (χ1v) is 18.6. The van der Waals surface area contributed by atoms with Crippen molar-refractivity contribution in [2.75, 3.05) is 0 Å². The minimum absolute atomic E-state index is 0. The standard InChI is InChI=1S/4C4H5N2.C4H5NS.C3H4N2O.2C3H4N2S.2C2H4N4.4W/c2*1-4-2-5-3-6-4;1-4-2-5-6-3-4;1-4-2-3-5-6-4;1-4-2-6-3-5-4;1-3-2-4-6-5-3;1-3-2-4-5-6-3;1-3-2-4-6-5-3;1-6-2-3-4-5-6;1-2-3-5-6-4-2;;;;/h5*2-3H,1H3;4*2H,1H3;1H3,(H,3,4,5,6);;;;/q4*-1;;;;;;;;;;/i9*2T;;;;;/hT. The van der Waals surface area contributed by atoms with Crippen LogP contribution in [-0.4, -0.2) is 94.6 Å². The molecule has 10 heterocycles. The Balaban J connectivity index is -0.000000366. The minimum atomic E-state index is 0. The van der Waals surface area contributed by atoms with Gasteiger partial charge in [-0.05, 0) is 87.8 Å². The van der Waals surface area contributed by atoms with Crippen molar-refractivity contribution in [1.82, 2.24) is 115 Å². The second-order valence-electron chi connectivity index (χ2n) is 10.1. The molecule has 0 saturated carbocycles. The first-order chi connectivity index (χ1) is 33.0. The Labute approximate surface area is 453 Å². The number of hydrogen-bond donors (Lipinski definition) is 1. The van der Waals surface area contributed by atoms with Gasteiger partial charge in [-0.2, -0.15) is 14.9 Å². The van der Waals surface area contributed by atoms with E-state index in [2.05, 4.69) is 110 Å². The van der Waals surface area contributed by atoms with Crippen molar-refractivity contribution < 1.29 is 103 Å². The van der Waals surface area contributed by atoms with Gasteiger partial charge in [-0.1, -0.05) is 69.7 Å². The Bertz CT molecular complexity index is 2100. The Kier molecular flexibility index (Phi) is 33.6. The molecule has 0 saturated heterocycles. The Morgan fingerprint density at radius 1 is 0.812 bits per heavy atom. The van der Waals surface area contributed by atoms with E-state index in [0.29, 0.717) is 58.0 Å². The van der Waals surface area contributed by atoms with Crippen LogP contribution >= 0.6 is 34.6 Å². The van der Waals surface area contributed by atoms with Gasteiger partial charge in [0.2, 0.25) is 0 Å².